The van der Waals surface area contributed by atoms with Crippen molar-refractivity contribution in [1.82, 2.24) is 15.1 Å². The van der Waals surface area contributed by atoms with Crippen LogP contribution in [0.15, 0.2) is 0 Å². The van der Waals surface area contributed by atoms with Crippen LogP contribution in [-0.4, -0.2) is 60.5 Å². The van der Waals surface area contributed by atoms with Gasteiger partial charge >= 0.3 is 0 Å². The van der Waals surface area contributed by atoms with Crippen molar-refractivity contribution in [3.8, 4) is 0 Å². The number of amides is 1. The number of fused-ring (bicyclic) bond motifs is 2. The minimum atomic E-state index is 0. The third-order valence-electron chi connectivity index (χ3n) is 5.21. The van der Waals surface area contributed by atoms with E-state index >= 15 is 0 Å². The topological polar surface area (TPSA) is 35.6 Å². The monoisotopic (exact) mass is 337 g/mol. The Balaban J connectivity index is 0.00000110. The van der Waals surface area contributed by atoms with E-state index in [1.165, 1.54) is 25.7 Å². The van der Waals surface area contributed by atoms with Crippen molar-refractivity contribution < 1.29 is 4.79 Å². The maximum Gasteiger partial charge on any atom is 0.222 e. The Morgan fingerprint density at radius 1 is 1.05 bits per heavy atom. The minimum absolute atomic E-state index is 0. The van der Waals surface area contributed by atoms with Crippen LogP contribution in [0.25, 0.3) is 0 Å². The van der Waals surface area contributed by atoms with Gasteiger partial charge in [-0.25, -0.2) is 0 Å². The molecule has 2 atom stereocenters. The molecule has 3 heterocycles. The molecule has 2 bridgehead atoms. The Morgan fingerprint density at radius 2 is 1.62 bits per heavy atom. The predicted molar refractivity (Wildman–Crippen MR) is 90.5 cm³/mol. The van der Waals surface area contributed by atoms with Gasteiger partial charge in [0.05, 0.1) is 0 Å². The lowest BCUT2D eigenvalue weighted by atomic mass is 9.89. The fourth-order valence-electron chi connectivity index (χ4n) is 4.03. The average molecular weight is 338 g/mol. The molecular weight excluding hydrogens is 309 g/mol. The van der Waals surface area contributed by atoms with E-state index in [2.05, 4.69) is 22.0 Å². The second-order valence-electron chi connectivity index (χ2n) is 6.49. The summed E-state index contributed by atoms with van der Waals surface area (Å²) in [5.41, 5.74) is 0. The number of halogens is 2. The summed E-state index contributed by atoms with van der Waals surface area (Å²) in [5, 5.41) is 3.65. The molecule has 2 unspecified atom stereocenters. The highest BCUT2D eigenvalue weighted by Crippen LogP contribution is 2.33. The van der Waals surface area contributed by atoms with Crippen LogP contribution < -0.4 is 5.32 Å². The van der Waals surface area contributed by atoms with E-state index in [1.54, 1.807) is 0 Å². The second-order valence-corrected chi connectivity index (χ2v) is 6.49. The van der Waals surface area contributed by atoms with Gasteiger partial charge in [0.25, 0.3) is 0 Å². The zero-order valence-corrected chi connectivity index (χ0v) is 14.6. The maximum atomic E-state index is 12.4. The molecule has 0 aromatic rings. The van der Waals surface area contributed by atoms with Gasteiger partial charge in [-0.2, -0.15) is 0 Å². The highest BCUT2D eigenvalue weighted by molar-refractivity contribution is 5.85. The molecule has 3 aliphatic rings. The highest BCUT2D eigenvalue weighted by atomic mass is 35.5. The van der Waals surface area contributed by atoms with Crippen molar-refractivity contribution in [1.29, 1.82) is 0 Å². The molecule has 0 radical (unpaired) electrons. The van der Waals surface area contributed by atoms with E-state index in [0.29, 0.717) is 23.9 Å². The van der Waals surface area contributed by atoms with Gasteiger partial charge in [-0.05, 0) is 38.1 Å². The van der Waals surface area contributed by atoms with Crippen molar-refractivity contribution in [2.75, 3.05) is 32.7 Å². The lowest BCUT2D eigenvalue weighted by molar-refractivity contribution is -0.134. The summed E-state index contributed by atoms with van der Waals surface area (Å²) in [6.07, 6.45) is 5.88. The molecule has 124 valence electrons. The molecule has 0 spiro atoms. The summed E-state index contributed by atoms with van der Waals surface area (Å²) in [5.74, 6) is 1.04. The molecule has 3 saturated heterocycles. The number of likely N-dealkylation sites (N-methyl/N-ethyl adjacent to an activating group) is 1. The van der Waals surface area contributed by atoms with Crippen molar-refractivity contribution >= 4 is 30.7 Å². The minimum Gasteiger partial charge on any atom is -0.340 e. The Kier molecular flexibility index (Phi) is 7.75. The molecule has 21 heavy (non-hydrogen) atoms. The molecule has 6 heteroatoms. The van der Waals surface area contributed by atoms with E-state index < -0.39 is 0 Å². The van der Waals surface area contributed by atoms with Crippen LogP contribution in [0.3, 0.4) is 0 Å². The normalized spacial score (nSPS) is 32.2. The number of nitrogens with zero attached hydrogens (tertiary/aromatic N) is 2. The number of carbonyl (C=O) groups excluding carboxylic acids is 1. The highest BCUT2D eigenvalue weighted by Gasteiger charge is 2.35. The second kappa shape index (κ2) is 8.56. The number of piperidine rings is 1. The summed E-state index contributed by atoms with van der Waals surface area (Å²) in [6.45, 7) is 7.29. The zero-order valence-electron chi connectivity index (χ0n) is 12.9. The molecule has 0 aliphatic carbocycles. The SMILES string of the molecule is CCN1CCN(C(=O)CC2CC3CCC(C2)N3)CC1.Cl.Cl. The molecule has 0 saturated carbocycles. The third-order valence-corrected chi connectivity index (χ3v) is 5.21. The van der Waals surface area contributed by atoms with Crippen LogP contribution in [0.5, 0.6) is 0 Å². The fraction of sp³-hybridized carbons (Fsp3) is 0.933. The van der Waals surface area contributed by atoms with Crippen LogP contribution in [0.1, 0.15) is 39.0 Å². The number of rotatable bonds is 3. The van der Waals surface area contributed by atoms with Gasteiger partial charge in [-0.3, -0.25) is 4.79 Å². The lowest BCUT2D eigenvalue weighted by Gasteiger charge is -2.36. The van der Waals surface area contributed by atoms with Gasteiger partial charge in [0, 0.05) is 44.7 Å². The molecule has 4 nitrogen and oxygen atoms in total. The Hall–Kier alpha value is -0.0300. The molecule has 1 amide bonds. The van der Waals surface area contributed by atoms with E-state index in [-0.39, 0.29) is 24.8 Å². The van der Waals surface area contributed by atoms with Crippen molar-refractivity contribution in [3.05, 3.63) is 0 Å². The molecular formula is C15H29Cl2N3O. The Morgan fingerprint density at radius 3 is 2.14 bits per heavy atom. The first-order chi connectivity index (χ1) is 9.24. The zero-order chi connectivity index (χ0) is 13.2. The molecule has 0 aromatic carbocycles. The number of piperazine rings is 1. The Labute approximate surface area is 140 Å². The summed E-state index contributed by atoms with van der Waals surface area (Å²) in [6, 6.07) is 1.40. The van der Waals surface area contributed by atoms with Crippen molar-refractivity contribution in [2.45, 2.75) is 51.1 Å². The first-order valence-corrected chi connectivity index (χ1v) is 8.00. The number of hydrogen-bond donors (Lipinski definition) is 1. The number of hydrogen-bond acceptors (Lipinski definition) is 3. The number of nitrogens with one attached hydrogen (secondary N) is 1. The third kappa shape index (κ3) is 4.72. The van der Waals surface area contributed by atoms with E-state index in [1.807, 2.05) is 0 Å². The van der Waals surface area contributed by atoms with Crippen LogP contribution in [0, 0.1) is 5.92 Å². The maximum absolute atomic E-state index is 12.4. The molecule has 3 rings (SSSR count). The van der Waals surface area contributed by atoms with Crippen LogP contribution in [0.2, 0.25) is 0 Å². The molecule has 3 aliphatic heterocycles. The predicted octanol–water partition coefficient (Wildman–Crippen LogP) is 1.91. The number of carbonyl (C=O) groups is 1. The first kappa shape index (κ1) is 19.0. The van der Waals surface area contributed by atoms with E-state index in [9.17, 15) is 4.79 Å². The van der Waals surface area contributed by atoms with Crippen LogP contribution >= 0.6 is 24.8 Å². The summed E-state index contributed by atoms with van der Waals surface area (Å²) < 4.78 is 0. The van der Waals surface area contributed by atoms with Gasteiger partial charge in [0.2, 0.25) is 5.91 Å². The van der Waals surface area contributed by atoms with Gasteiger partial charge in [0.15, 0.2) is 0 Å². The summed E-state index contributed by atoms with van der Waals surface area (Å²) in [7, 11) is 0. The van der Waals surface area contributed by atoms with Crippen LogP contribution in [-0.2, 0) is 4.79 Å². The van der Waals surface area contributed by atoms with Gasteiger partial charge in [-0.15, -0.1) is 24.8 Å². The summed E-state index contributed by atoms with van der Waals surface area (Å²) in [4.78, 5) is 16.9. The summed E-state index contributed by atoms with van der Waals surface area (Å²) >= 11 is 0. The van der Waals surface area contributed by atoms with Crippen molar-refractivity contribution in [2.24, 2.45) is 5.92 Å². The van der Waals surface area contributed by atoms with Gasteiger partial charge in [-0.1, -0.05) is 6.92 Å². The largest absolute Gasteiger partial charge is 0.340 e. The molecule has 3 fully saturated rings. The van der Waals surface area contributed by atoms with Gasteiger partial charge in [0.1, 0.15) is 0 Å². The fourth-order valence-corrected chi connectivity index (χ4v) is 4.03. The quantitative estimate of drug-likeness (QED) is 0.854. The average Bonchev–Trinajstić information content (AvgIpc) is 2.78. The van der Waals surface area contributed by atoms with Gasteiger partial charge < -0.3 is 15.1 Å². The molecule has 1 N–H and O–H groups in total. The van der Waals surface area contributed by atoms with E-state index in [0.717, 1.165) is 39.1 Å². The smallest absolute Gasteiger partial charge is 0.222 e. The van der Waals surface area contributed by atoms with Crippen LogP contribution in [0.4, 0.5) is 0 Å². The molecule has 0 aromatic heterocycles. The first-order valence-electron chi connectivity index (χ1n) is 8.00. The lowest BCUT2D eigenvalue weighted by Crippen LogP contribution is -2.49. The standard InChI is InChI=1S/C15H27N3O.2ClH/c1-2-17-5-7-18(8-6-17)15(19)11-12-9-13-3-4-14(10-12)16-13;;/h12-14,16H,2-11H2,1H3;2*1H. The van der Waals surface area contributed by atoms with E-state index in [4.69, 9.17) is 0 Å². The Bertz CT molecular complexity index is 323. The van der Waals surface area contributed by atoms with Crippen molar-refractivity contribution in [3.63, 3.8) is 0 Å².